The van der Waals surface area contributed by atoms with Gasteiger partial charge in [0.25, 0.3) is 0 Å². The van der Waals surface area contributed by atoms with Crippen molar-refractivity contribution in [1.29, 1.82) is 0 Å². The lowest BCUT2D eigenvalue weighted by Gasteiger charge is -2.36. The van der Waals surface area contributed by atoms with Crippen LogP contribution >= 0.6 is 0 Å². The molecule has 3 rings (SSSR count). The Balaban J connectivity index is 1.41. The zero-order chi connectivity index (χ0) is 18.4. The lowest BCUT2D eigenvalue weighted by atomic mass is 9.96. The van der Waals surface area contributed by atoms with Crippen molar-refractivity contribution in [1.82, 2.24) is 10.6 Å². The van der Waals surface area contributed by atoms with Gasteiger partial charge in [-0.15, -0.1) is 0 Å². The third-order valence-electron chi connectivity index (χ3n) is 5.06. The largest absolute Gasteiger partial charge is 0.394 e. The van der Waals surface area contributed by atoms with Crippen LogP contribution in [-0.2, 0) is 20.9 Å². The topological polar surface area (TPSA) is 87.7 Å². The monoisotopic (exact) mass is 360 g/mol. The summed E-state index contributed by atoms with van der Waals surface area (Å²) in [4.78, 5) is 24.1. The molecule has 6 heteroatoms. The zero-order valence-electron chi connectivity index (χ0n) is 15.0. The summed E-state index contributed by atoms with van der Waals surface area (Å²) >= 11 is 0. The predicted molar refractivity (Wildman–Crippen MR) is 97.2 cm³/mol. The standard InChI is InChI=1S/C20H28N2O4/c23-13-18-17(22-20(25)10-14-6-7-14)9-8-16(26-18)11-19(24)21-12-15-4-2-1-3-5-15/h1-5,14,16-18,23H,6-13H2,(H,21,24)(H,22,25)/t16-,17-,18-/m0/s1. The second-order valence-corrected chi connectivity index (χ2v) is 7.34. The van der Waals surface area contributed by atoms with E-state index in [0.29, 0.717) is 25.3 Å². The molecule has 142 valence electrons. The highest BCUT2D eigenvalue weighted by Gasteiger charge is 2.34. The van der Waals surface area contributed by atoms with Gasteiger partial charge in [-0.2, -0.15) is 0 Å². The van der Waals surface area contributed by atoms with Crippen molar-refractivity contribution in [2.75, 3.05) is 6.61 Å². The Hall–Kier alpha value is -1.92. The number of rotatable bonds is 8. The van der Waals surface area contributed by atoms with Crippen LogP contribution < -0.4 is 10.6 Å². The summed E-state index contributed by atoms with van der Waals surface area (Å²) < 4.78 is 5.87. The highest BCUT2D eigenvalue weighted by molar-refractivity contribution is 5.77. The molecule has 2 amide bonds. The Morgan fingerprint density at radius 1 is 1.04 bits per heavy atom. The molecule has 3 atom stereocenters. The predicted octanol–water partition coefficient (Wildman–Crippen LogP) is 1.52. The smallest absolute Gasteiger partial charge is 0.222 e. The average Bonchev–Trinajstić information content (AvgIpc) is 3.46. The van der Waals surface area contributed by atoms with Crippen molar-refractivity contribution in [3.63, 3.8) is 0 Å². The molecule has 1 saturated heterocycles. The molecular formula is C20H28N2O4. The van der Waals surface area contributed by atoms with Gasteiger partial charge in [0, 0.05) is 13.0 Å². The Morgan fingerprint density at radius 2 is 1.81 bits per heavy atom. The summed E-state index contributed by atoms with van der Waals surface area (Å²) in [5.41, 5.74) is 1.05. The number of benzene rings is 1. The van der Waals surface area contributed by atoms with E-state index in [2.05, 4.69) is 10.6 Å². The van der Waals surface area contributed by atoms with Crippen LogP contribution in [0.2, 0.25) is 0 Å². The fourth-order valence-corrected chi connectivity index (χ4v) is 3.37. The Kier molecular flexibility index (Phi) is 6.63. The summed E-state index contributed by atoms with van der Waals surface area (Å²) in [7, 11) is 0. The van der Waals surface area contributed by atoms with Gasteiger partial charge in [-0.25, -0.2) is 0 Å². The Morgan fingerprint density at radius 3 is 2.50 bits per heavy atom. The first-order valence-corrected chi connectivity index (χ1v) is 9.50. The molecule has 0 spiro atoms. The minimum atomic E-state index is -0.446. The van der Waals surface area contributed by atoms with E-state index < -0.39 is 6.10 Å². The van der Waals surface area contributed by atoms with Gasteiger partial charge in [0.05, 0.1) is 25.2 Å². The van der Waals surface area contributed by atoms with Crippen LogP contribution in [-0.4, -0.2) is 41.8 Å². The van der Waals surface area contributed by atoms with Crippen LogP contribution in [0.25, 0.3) is 0 Å². The number of amides is 2. The molecule has 2 aliphatic rings. The zero-order valence-corrected chi connectivity index (χ0v) is 15.0. The summed E-state index contributed by atoms with van der Waals surface area (Å²) in [5.74, 6) is 0.513. The van der Waals surface area contributed by atoms with Gasteiger partial charge in [-0.3, -0.25) is 9.59 Å². The van der Waals surface area contributed by atoms with Crippen molar-refractivity contribution < 1.29 is 19.4 Å². The molecule has 1 saturated carbocycles. The fraction of sp³-hybridized carbons (Fsp3) is 0.600. The molecule has 1 aromatic carbocycles. The second-order valence-electron chi connectivity index (χ2n) is 7.34. The van der Waals surface area contributed by atoms with Crippen LogP contribution in [0.15, 0.2) is 30.3 Å². The highest BCUT2D eigenvalue weighted by atomic mass is 16.5. The van der Waals surface area contributed by atoms with Crippen LogP contribution in [0.1, 0.15) is 44.1 Å². The van der Waals surface area contributed by atoms with E-state index in [4.69, 9.17) is 4.74 Å². The minimum absolute atomic E-state index is 0.0404. The van der Waals surface area contributed by atoms with Gasteiger partial charge in [-0.1, -0.05) is 30.3 Å². The van der Waals surface area contributed by atoms with Gasteiger partial charge < -0.3 is 20.5 Å². The molecule has 1 aliphatic heterocycles. The molecule has 6 nitrogen and oxygen atoms in total. The molecule has 3 N–H and O–H groups in total. The number of carbonyl (C=O) groups excluding carboxylic acids is 2. The normalized spacial score (nSPS) is 25.5. The number of hydrogen-bond donors (Lipinski definition) is 3. The fourth-order valence-electron chi connectivity index (χ4n) is 3.37. The first kappa shape index (κ1) is 18.9. The molecule has 0 radical (unpaired) electrons. The van der Waals surface area contributed by atoms with Gasteiger partial charge in [-0.05, 0) is 37.2 Å². The quantitative estimate of drug-likeness (QED) is 0.656. The molecule has 26 heavy (non-hydrogen) atoms. The maximum Gasteiger partial charge on any atom is 0.222 e. The van der Waals surface area contributed by atoms with Crippen LogP contribution in [0.5, 0.6) is 0 Å². The second kappa shape index (κ2) is 9.14. The third-order valence-corrected chi connectivity index (χ3v) is 5.06. The number of carbonyl (C=O) groups is 2. The summed E-state index contributed by atoms with van der Waals surface area (Å²) in [6, 6.07) is 9.58. The lowest BCUT2D eigenvalue weighted by molar-refractivity contribution is -0.136. The summed E-state index contributed by atoms with van der Waals surface area (Å²) in [6.07, 6.45) is 3.86. The van der Waals surface area contributed by atoms with E-state index >= 15 is 0 Å². The first-order valence-electron chi connectivity index (χ1n) is 9.50. The number of aliphatic hydroxyl groups excluding tert-OH is 1. The van der Waals surface area contributed by atoms with Gasteiger partial charge in [0.2, 0.25) is 11.8 Å². The van der Waals surface area contributed by atoms with Crippen LogP contribution in [0.3, 0.4) is 0 Å². The number of hydrogen-bond acceptors (Lipinski definition) is 4. The maximum atomic E-state index is 12.1. The highest BCUT2D eigenvalue weighted by Crippen LogP contribution is 2.32. The van der Waals surface area contributed by atoms with E-state index in [0.717, 1.165) is 24.8 Å². The SMILES string of the molecule is O=C(C[C@@H]1CC[C@H](NC(=O)CC2CC2)[C@H](CO)O1)NCc1ccccc1. The van der Waals surface area contributed by atoms with E-state index in [1.165, 1.54) is 0 Å². The van der Waals surface area contributed by atoms with Crippen LogP contribution in [0, 0.1) is 5.92 Å². The lowest BCUT2D eigenvalue weighted by Crippen LogP contribution is -2.51. The number of nitrogens with one attached hydrogen (secondary N) is 2. The third kappa shape index (κ3) is 5.81. The number of ether oxygens (including phenoxy) is 1. The van der Waals surface area contributed by atoms with Crippen molar-refractivity contribution in [3.05, 3.63) is 35.9 Å². The molecule has 0 bridgehead atoms. The van der Waals surface area contributed by atoms with Crippen LogP contribution in [0.4, 0.5) is 0 Å². The minimum Gasteiger partial charge on any atom is -0.394 e. The molecule has 0 unspecified atom stereocenters. The van der Waals surface area contributed by atoms with Gasteiger partial charge in [0.1, 0.15) is 6.10 Å². The van der Waals surface area contributed by atoms with Gasteiger partial charge >= 0.3 is 0 Å². The van der Waals surface area contributed by atoms with Crippen molar-refractivity contribution >= 4 is 11.8 Å². The van der Waals surface area contributed by atoms with Crippen molar-refractivity contribution in [2.45, 2.75) is 63.3 Å². The molecule has 0 aromatic heterocycles. The van der Waals surface area contributed by atoms with Gasteiger partial charge in [0.15, 0.2) is 0 Å². The van der Waals surface area contributed by atoms with E-state index in [1.807, 2.05) is 30.3 Å². The van der Waals surface area contributed by atoms with E-state index in [9.17, 15) is 14.7 Å². The molecular weight excluding hydrogens is 332 g/mol. The first-order chi connectivity index (χ1) is 12.6. The van der Waals surface area contributed by atoms with E-state index in [1.54, 1.807) is 0 Å². The van der Waals surface area contributed by atoms with E-state index in [-0.39, 0.29) is 37.0 Å². The Labute approximate surface area is 154 Å². The molecule has 2 fully saturated rings. The molecule has 1 aliphatic carbocycles. The summed E-state index contributed by atoms with van der Waals surface area (Å²) in [6.45, 7) is 0.339. The number of aliphatic hydroxyl groups is 1. The van der Waals surface area contributed by atoms with Crippen molar-refractivity contribution in [2.24, 2.45) is 5.92 Å². The van der Waals surface area contributed by atoms with Crippen molar-refractivity contribution in [3.8, 4) is 0 Å². The Bertz CT molecular complexity index is 603. The maximum absolute atomic E-state index is 12.1. The molecule has 1 heterocycles. The average molecular weight is 360 g/mol. The molecule has 1 aromatic rings. The summed E-state index contributed by atoms with van der Waals surface area (Å²) in [5, 5.41) is 15.5.